The molecule has 11 heavy (non-hydrogen) atoms. The molecule has 4 nitrogen and oxygen atoms in total. The second kappa shape index (κ2) is 3.49. The van der Waals surface area contributed by atoms with E-state index in [2.05, 4.69) is 0 Å². The fourth-order valence-corrected chi connectivity index (χ4v) is 1.24. The van der Waals surface area contributed by atoms with Crippen LogP contribution in [0, 0.1) is 0 Å². The molecule has 4 atom stereocenters. The van der Waals surface area contributed by atoms with Crippen molar-refractivity contribution in [3.63, 3.8) is 0 Å². The summed E-state index contributed by atoms with van der Waals surface area (Å²) < 4.78 is 10.00. The van der Waals surface area contributed by atoms with Crippen LogP contribution in [-0.2, 0) is 9.47 Å². The average Bonchev–Trinajstić information content (AvgIpc) is 2.19. The summed E-state index contributed by atoms with van der Waals surface area (Å²) in [5, 5.41) is 18.5. The highest BCUT2D eigenvalue weighted by Gasteiger charge is 2.39. The van der Waals surface area contributed by atoms with E-state index in [4.69, 9.17) is 9.47 Å². The van der Waals surface area contributed by atoms with Crippen LogP contribution in [0.25, 0.3) is 0 Å². The van der Waals surface area contributed by atoms with Gasteiger partial charge < -0.3 is 19.7 Å². The minimum absolute atomic E-state index is 0.301. The van der Waals surface area contributed by atoms with Gasteiger partial charge in [0.2, 0.25) is 0 Å². The molecule has 0 spiro atoms. The van der Waals surface area contributed by atoms with Crippen LogP contribution in [0.4, 0.5) is 0 Å². The summed E-state index contributed by atoms with van der Waals surface area (Å²) >= 11 is 0. The lowest BCUT2D eigenvalue weighted by molar-refractivity contribution is -0.0290. The molecule has 0 aromatic heterocycles. The Morgan fingerprint density at radius 2 is 2.00 bits per heavy atom. The van der Waals surface area contributed by atoms with Gasteiger partial charge in [0.25, 0.3) is 0 Å². The Bertz CT molecular complexity index is 128. The first-order valence-electron chi connectivity index (χ1n) is 3.67. The van der Waals surface area contributed by atoms with Crippen molar-refractivity contribution >= 4 is 0 Å². The second-order valence-electron chi connectivity index (χ2n) is 2.82. The van der Waals surface area contributed by atoms with Gasteiger partial charge in [0.05, 0.1) is 12.7 Å². The van der Waals surface area contributed by atoms with Crippen LogP contribution in [-0.4, -0.2) is 48.3 Å². The van der Waals surface area contributed by atoms with Gasteiger partial charge in [0.1, 0.15) is 18.3 Å². The van der Waals surface area contributed by atoms with Gasteiger partial charge in [0.15, 0.2) is 0 Å². The third kappa shape index (κ3) is 1.70. The van der Waals surface area contributed by atoms with Crippen LogP contribution in [0.1, 0.15) is 6.92 Å². The number of hydrogen-bond donors (Lipinski definition) is 2. The molecule has 0 saturated carbocycles. The minimum atomic E-state index is -0.815. The molecule has 1 aliphatic rings. The molecule has 2 N–H and O–H groups in total. The van der Waals surface area contributed by atoms with Crippen LogP contribution in [0.3, 0.4) is 0 Å². The summed E-state index contributed by atoms with van der Waals surface area (Å²) in [5.41, 5.74) is 0. The first kappa shape index (κ1) is 8.93. The number of ether oxygens (including phenoxy) is 2. The third-order valence-corrected chi connectivity index (χ3v) is 1.93. The third-order valence-electron chi connectivity index (χ3n) is 1.93. The molecule has 1 fully saturated rings. The Morgan fingerprint density at radius 3 is 2.36 bits per heavy atom. The van der Waals surface area contributed by atoms with Crippen LogP contribution in [0.5, 0.6) is 0 Å². The molecule has 0 aliphatic carbocycles. The smallest absolute Gasteiger partial charge is 0.111 e. The number of methoxy groups -OCH3 is 1. The lowest BCUT2D eigenvalue weighted by Crippen LogP contribution is -2.33. The van der Waals surface area contributed by atoms with Gasteiger partial charge >= 0.3 is 0 Å². The molecule has 2 unspecified atom stereocenters. The van der Waals surface area contributed by atoms with Crippen LogP contribution < -0.4 is 0 Å². The molecular formula is C7H14O4. The van der Waals surface area contributed by atoms with E-state index >= 15 is 0 Å². The van der Waals surface area contributed by atoms with Crippen LogP contribution >= 0.6 is 0 Å². The van der Waals surface area contributed by atoms with E-state index in [9.17, 15) is 10.2 Å². The maximum Gasteiger partial charge on any atom is 0.111 e. The van der Waals surface area contributed by atoms with E-state index in [1.807, 2.05) is 0 Å². The Labute approximate surface area is 65.7 Å². The lowest BCUT2D eigenvalue weighted by Gasteiger charge is -2.12. The predicted octanol–water partition coefficient (Wildman–Crippen LogP) is -0.858. The first-order chi connectivity index (χ1) is 5.16. The minimum Gasteiger partial charge on any atom is -0.388 e. The number of rotatable bonds is 2. The predicted molar refractivity (Wildman–Crippen MR) is 38.2 cm³/mol. The Hall–Kier alpha value is -0.160. The van der Waals surface area contributed by atoms with Crippen molar-refractivity contribution in [3.8, 4) is 0 Å². The van der Waals surface area contributed by atoms with Gasteiger partial charge in [0, 0.05) is 7.11 Å². The maximum absolute atomic E-state index is 9.30. The van der Waals surface area contributed by atoms with Crippen molar-refractivity contribution in [3.05, 3.63) is 0 Å². The Kier molecular flexibility index (Phi) is 2.84. The molecule has 4 heteroatoms. The van der Waals surface area contributed by atoms with Gasteiger partial charge in [-0.25, -0.2) is 0 Å². The van der Waals surface area contributed by atoms with E-state index < -0.39 is 12.2 Å². The van der Waals surface area contributed by atoms with Crippen molar-refractivity contribution in [1.82, 2.24) is 0 Å². The zero-order valence-corrected chi connectivity index (χ0v) is 6.73. The highest BCUT2D eigenvalue weighted by molar-refractivity contribution is 4.87. The quantitative estimate of drug-likeness (QED) is 0.555. The van der Waals surface area contributed by atoms with E-state index in [1.54, 1.807) is 6.92 Å². The first-order valence-corrected chi connectivity index (χ1v) is 3.67. The van der Waals surface area contributed by atoms with Gasteiger partial charge in [-0.3, -0.25) is 0 Å². The van der Waals surface area contributed by atoms with Crippen molar-refractivity contribution in [2.24, 2.45) is 0 Å². The van der Waals surface area contributed by atoms with Crippen LogP contribution in [0.2, 0.25) is 0 Å². The van der Waals surface area contributed by atoms with Crippen molar-refractivity contribution < 1.29 is 19.7 Å². The summed E-state index contributed by atoms with van der Waals surface area (Å²) in [6.45, 7) is 2.05. The highest BCUT2D eigenvalue weighted by atomic mass is 16.6. The molecule has 1 heterocycles. The molecular weight excluding hydrogens is 148 g/mol. The monoisotopic (exact) mass is 162 g/mol. The second-order valence-corrected chi connectivity index (χ2v) is 2.82. The summed E-state index contributed by atoms with van der Waals surface area (Å²) in [6, 6.07) is 0. The normalized spacial score (nSPS) is 44.7. The summed E-state index contributed by atoms with van der Waals surface area (Å²) in [6.07, 6.45) is -2.28. The summed E-state index contributed by atoms with van der Waals surface area (Å²) in [5.74, 6) is 0. The van der Waals surface area contributed by atoms with E-state index in [0.29, 0.717) is 6.61 Å². The van der Waals surface area contributed by atoms with Crippen molar-refractivity contribution in [2.75, 3.05) is 13.7 Å². The fraction of sp³-hybridized carbons (Fsp3) is 1.00. The van der Waals surface area contributed by atoms with Gasteiger partial charge in [-0.15, -0.1) is 0 Å². The van der Waals surface area contributed by atoms with Gasteiger partial charge in [-0.1, -0.05) is 0 Å². The number of aliphatic hydroxyl groups excluding tert-OH is 2. The summed E-state index contributed by atoms with van der Waals surface area (Å²) in [7, 11) is 1.53. The summed E-state index contributed by atoms with van der Waals surface area (Å²) in [4.78, 5) is 0. The molecule has 1 aliphatic heterocycles. The fourth-order valence-electron chi connectivity index (χ4n) is 1.24. The average molecular weight is 162 g/mol. The molecule has 66 valence electrons. The molecule has 0 amide bonds. The Morgan fingerprint density at radius 1 is 1.36 bits per heavy atom. The lowest BCUT2D eigenvalue weighted by atomic mass is 10.1. The molecule has 0 aromatic carbocycles. The molecule has 0 aromatic rings. The molecule has 1 saturated heterocycles. The number of hydrogen-bond acceptors (Lipinski definition) is 4. The molecule has 0 bridgehead atoms. The maximum atomic E-state index is 9.30. The standard InChI is InChI=1S/C7H14O4/c1-4-6(8)7(9)5(11-4)3-10-2/h4-9H,3H2,1-2H3/t4-,5-,6?,7?/m1/s1. The Balaban J connectivity index is 2.45. The van der Waals surface area contributed by atoms with E-state index in [0.717, 1.165) is 0 Å². The van der Waals surface area contributed by atoms with E-state index in [-0.39, 0.29) is 12.2 Å². The van der Waals surface area contributed by atoms with E-state index in [1.165, 1.54) is 7.11 Å². The van der Waals surface area contributed by atoms with Crippen LogP contribution in [0.15, 0.2) is 0 Å². The largest absolute Gasteiger partial charge is 0.388 e. The molecule has 0 radical (unpaired) electrons. The van der Waals surface area contributed by atoms with Crippen molar-refractivity contribution in [1.29, 1.82) is 0 Å². The molecule has 1 rings (SSSR count). The zero-order chi connectivity index (χ0) is 8.43. The van der Waals surface area contributed by atoms with Crippen molar-refractivity contribution in [2.45, 2.75) is 31.3 Å². The zero-order valence-electron chi connectivity index (χ0n) is 6.73. The van der Waals surface area contributed by atoms with Gasteiger partial charge in [-0.05, 0) is 6.92 Å². The number of aliphatic hydroxyl groups is 2. The van der Waals surface area contributed by atoms with Gasteiger partial charge in [-0.2, -0.15) is 0 Å². The highest BCUT2D eigenvalue weighted by Crippen LogP contribution is 2.20. The topological polar surface area (TPSA) is 58.9 Å². The SMILES string of the molecule is COC[C@H]1O[C@H](C)C(O)C1O.